The molecule has 0 bridgehead atoms. The van der Waals surface area contributed by atoms with E-state index in [4.69, 9.17) is 9.47 Å². The fourth-order valence-electron chi connectivity index (χ4n) is 3.78. The van der Waals surface area contributed by atoms with Crippen molar-refractivity contribution < 1.29 is 14.3 Å². The molecule has 0 atom stereocenters. The van der Waals surface area contributed by atoms with Gasteiger partial charge in [0.1, 0.15) is 11.5 Å². The Hall–Kier alpha value is -3.47. The lowest BCUT2D eigenvalue weighted by atomic mass is 10.1. The first kappa shape index (κ1) is 26.1. The molecule has 5 heteroatoms. The molecule has 5 nitrogen and oxygen atoms in total. The summed E-state index contributed by atoms with van der Waals surface area (Å²) in [6.07, 6.45) is 7.91. The Labute approximate surface area is 209 Å². The minimum atomic E-state index is -0.124. The summed E-state index contributed by atoms with van der Waals surface area (Å²) in [5.74, 6) is 1.41. The summed E-state index contributed by atoms with van der Waals surface area (Å²) in [5, 5.41) is 6.14. The first-order chi connectivity index (χ1) is 17.2. The highest BCUT2D eigenvalue weighted by molar-refractivity contribution is 5.94. The lowest BCUT2D eigenvalue weighted by Gasteiger charge is -2.14. The van der Waals surface area contributed by atoms with E-state index in [9.17, 15) is 4.79 Å². The number of hydrogen-bond donors (Lipinski definition) is 2. The van der Waals surface area contributed by atoms with Gasteiger partial charge in [0.15, 0.2) is 0 Å². The van der Waals surface area contributed by atoms with Crippen LogP contribution in [-0.4, -0.2) is 25.7 Å². The number of nitrogens with one attached hydrogen (secondary N) is 2. The van der Waals surface area contributed by atoms with Crippen molar-refractivity contribution in [2.24, 2.45) is 0 Å². The molecule has 0 spiro atoms. The van der Waals surface area contributed by atoms with E-state index in [1.165, 1.54) is 31.2 Å². The highest BCUT2D eigenvalue weighted by atomic mass is 16.5. The molecule has 3 rings (SSSR count). The first-order valence-corrected chi connectivity index (χ1v) is 12.8. The molecule has 0 aliphatic rings. The quantitative estimate of drug-likeness (QED) is 0.217. The van der Waals surface area contributed by atoms with E-state index < -0.39 is 0 Å². The van der Waals surface area contributed by atoms with E-state index in [0.717, 1.165) is 42.1 Å². The van der Waals surface area contributed by atoms with Gasteiger partial charge in [0, 0.05) is 11.8 Å². The molecule has 0 saturated carbocycles. The zero-order valence-corrected chi connectivity index (χ0v) is 20.8. The van der Waals surface area contributed by atoms with Crippen molar-refractivity contribution in [3.05, 3.63) is 84.4 Å². The van der Waals surface area contributed by atoms with E-state index in [1.807, 2.05) is 54.6 Å². The Morgan fingerprint density at radius 1 is 0.771 bits per heavy atom. The molecule has 0 heterocycles. The predicted octanol–water partition coefficient (Wildman–Crippen LogP) is 7.10. The summed E-state index contributed by atoms with van der Waals surface area (Å²) in [7, 11) is 0. The second kappa shape index (κ2) is 15.4. The van der Waals surface area contributed by atoms with Gasteiger partial charge < -0.3 is 20.1 Å². The second-order valence-electron chi connectivity index (χ2n) is 8.63. The monoisotopic (exact) mass is 474 g/mol. The largest absolute Gasteiger partial charge is 0.494 e. The number of ether oxygens (including phenoxy) is 2. The summed E-state index contributed by atoms with van der Waals surface area (Å²) in [5.41, 5.74) is 2.84. The standard InChI is InChI=1S/C30H38N2O3/c1-2-3-4-5-11-21-34-27-18-12-17-26(23-27)32-30(33)24-31-28-19-9-10-20-29(28)35-22-13-16-25-14-7-6-8-15-25/h6-10,12,14-15,17-20,23,31H,2-5,11,13,16,21-22,24H2,1H3,(H,32,33). The van der Waals surface area contributed by atoms with Gasteiger partial charge in [0.2, 0.25) is 5.91 Å². The van der Waals surface area contributed by atoms with Crippen LogP contribution in [0.15, 0.2) is 78.9 Å². The van der Waals surface area contributed by atoms with Crippen LogP contribution in [0.5, 0.6) is 11.5 Å². The number of rotatable bonds is 16. The molecule has 3 aromatic carbocycles. The van der Waals surface area contributed by atoms with Crippen LogP contribution in [0.25, 0.3) is 0 Å². The van der Waals surface area contributed by atoms with Crippen LogP contribution in [0.3, 0.4) is 0 Å². The van der Waals surface area contributed by atoms with Crippen molar-refractivity contribution in [1.29, 1.82) is 0 Å². The van der Waals surface area contributed by atoms with Gasteiger partial charge in [-0.3, -0.25) is 4.79 Å². The minimum Gasteiger partial charge on any atom is -0.494 e. The van der Waals surface area contributed by atoms with Gasteiger partial charge in [-0.15, -0.1) is 0 Å². The lowest BCUT2D eigenvalue weighted by Crippen LogP contribution is -2.22. The molecule has 186 valence electrons. The molecule has 0 aliphatic carbocycles. The third kappa shape index (κ3) is 10.1. The van der Waals surface area contributed by atoms with Crippen molar-refractivity contribution in [2.45, 2.75) is 51.9 Å². The van der Waals surface area contributed by atoms with E-state index in [-0.39, 0.29) is 12.5 Å². The molecule has 2 N–H and O–H groups in total. The molecule has 0 saturated heterocycles. The van der Waals surface area contributed by atoms with Gasteiger partial charge in [0.05, 0.1) is 25.4 Å². The second-order valence-corrected chi connectivity index (χ2v) is 8.63. The molecule has 1 amide bonds. The van der Waals surface area contributed by atoms with Crippen LogP contribution in [0.2, 0.25) is 0 Å². The molecular weight excluding hydrogens is 436 g/mol. The fourth-order valence-corrected chi connectivity index (χ4v) is 3.78. The molecule has 0 aromatic heterocycles. The number of hydrogen-bond acceptors (Lipinski definition) is 4. The van der Waals surface area contributed by atoms with Crippen molar-refractivity contribution >= 4 is 17.3 Å². The van der Waals surface area contributed by atoms with Crippen LogP contribution in [0, 0.1) is 0 Å². The maximum Gasteiger partial charge on any atom is 0.243 e. The summed E-state index contributed by atoms with van der Waals surface area (Å²) in [6.45, 7) is 3.68. The summed E-state index contributed by atoms with van der Waals surface area (Å²) in [4.78, 5) is 12.5. The van der Waals surface area contributed by atoms with Gasteiger partial charge in [-0.05, 0) is 49.1 Å². The SMILES string of the molecule is CCCCCCCOc1cccc(NC(=O)CNc2ccccc2OCCCc2ccccc2)c1. The van der Waals surface area contributed by atoms with Crippen molar-refractivity contribution in [3.8, 4) is 11.5 Å². The first-order valence-electron chi connectivity index (χ1n) is 12.8. The molecule has 3 aromatic rings. The van der Waals surface area contributed by atoms with Crippen LogP contribution >= 0.6 is 0 Å². The average Bonchev–Trinajstić information content (AvgIpc) is 2.89. The van der Waals surface area contributed by atoms with Gasteiger partial charge in [-0.2, -0.15) is 0 Å². The highest BCUT2D eigenvalue weighted by Crippen LogP contribution is 2.24. The maximum atomic E-state index is 12.5. The highest BCUT2D eigenvalue weighted by Gasteiger charge is 2.07. The Morgan fingerprint density at radius 3 is 2.40 bits per heavy atom. The summed E-state index contributed by atoms with van der Waals surface area (Å²) < 4.78 is 11.8. The Kier molecular flexibility index (Phi) is 11.5. The normalized spacial score (nSPS) is 10.5. The number of aryl methyl sites for hydroxylation is 1. The Morgan fingerprint density at radius 2 is 1.54 bits per heavy atom. The molecule has 0 fully saturated rings. The molecule has 35 heavy (non-hydrogen) atoms. The van der Waals surface area contributed by atoms with Gasteiger partial charge in [-0.25, -0.2) is 0 Å². The van der Waals surface area contributed by atoms with Gasteiger partial charge >= 0.3 is 0 Å². The number of para-hydroxylation sites is 2. The number of carbonyl (C=O) groups excluding carboxylic acids is 1. The van der Waals surface area contributed by atoms with Crippen molar-refractivity contribution in [2.75, 3.05) is 30.4 Å². The molecular formula is C30H38N2O3. The third-order valence-electron chi connectivity index (χ3n) is 5.67. The molecule has 0 aliphatic heterocycles. The topological polar surface area (TPSA) is 59.6 Å². The van der Waals surface area contributed by atoms with Crippen molar-refractivity contribution in [3.63, 3.8) is 0 Å². The summed E-state index contributed by atoms with van der Waals surface area (Å²) >= 11 is 0. The zero-order valence-electron chi connectivity index (χ0n) is 20.8. The number of unbranched alkanes of at least 4 members (excludes halogenated alkanes) is 4. The van der Waals surface area contributed by atoms with Crippen LogP contribution in [0.4, 0.5) is 11.4 Å². The van der Waals surface area contributed by atoms with Crippen LogP contribution in [-0.2, 0) is 11.2 Å². The predicted molar refractivity (Wildman–Crippen MR) is 145 cm³/mol. The number of amides is 1. The summed E-state index contributed by atoms with van der Waals surface area (Å²) in [6, 6.07) is 25.7. The minimum absolute atomic E-state index is 0.124. The van der Waals surface area contributed by atoms with Crippen LogP contribution in [0.1, 0.15) is 51.0 Å². The van der Waals surface area contributed by atoms with Gasteiger partial charge in [0.25, 0.3) is 0 Å². The maximum absolute atomic E-state index is 12.5. The zero-order chi connectivity index (χ0) is 24.6. The Bertz CT molecular complexity index is 1010. The van der Waals surface area contributed by atoms with E-state index in [2.05, 4.69) is 41.8 Å². The Balaban J connectivity index is 1.40. The van der Waals surface area contributed by atoms with E-state index in [1.54, 1.807) is 0 Å². The lowest BCUT2D eigenvalue weighted by molar-refractivity contribution is -0.114. The molecule has 0 radical (unpaired) electrons. The number of benzene rings is 3. The number of carbonyl (C=O) groups is 1. The van der Waals surface area contributed by atoms with E-state index in [0.29, 0.717) is 13.2 Å². The third-order valence-corrected chi connectivity index (χ3v) is 5.67. The molecule has 0 unspecified atom stereocenters. The smallest absolute Gasteiger partial charge is 0.243 e. The average molecular weight is 475 g/mol. The van der Waals surface area contributed by atoms with Crippen molar-refractivity contribution in [1.82, 2.24) is 0 Å². The van der Waals surface area contributed by atoms with Gasteiger partial charge in [-0.1, -0.05) is 81.1 Å². The van der Waals surface area contributed by atoms with E-state index >= 15 is 0 Å². The van der Waals surface area contributed by atoms with Crippen LogP contribution < -0.4 is 20.1 Å². The number of anilines is 2. The fraction of sp³-hybridized carbons (Fsp3) is 0.367.